The van der Waals surface area contributed by atoms with Crippen molar-refractivity contribution in [1.29, 1.82) is 0 Å². The van der Waals surface area contributed by atoms with Crippen molar-refractivity contribution in [3.63, 3.8) is 0 Å². The Morgan fingerprint density at radius 3 is 2.50 bits per heavy atom. The number of imidazole rings is 1. The number of pyridine rings is 1. The predicted molar refractivity (Wildman–Crippen MR) is 82.4 cm³/mol. The van der Waals surface area contributed by atoms with Gasteiger partial charge < -0.3 is 9.30 Å². The molecule has 4 nitrogen and oxygen atoms in total. The van der Waals surface area contributed by atoms with Crippen LogP contribution in [0.4, 0.5) is 0 Å². The maximum Gasteiger partial charge on any atom is 0.215 e. The van der Waals surface area contributed by atoms with Crippen molar-refractivity contribution in [3.8, 4) is 5.88 Å². The summed E-state index contributed by atoms with van der Waals surface area (Å²) in [5, 5.41) is 0. The molecule has 0 spiro atoms. The average Bonchev–Trinajstić information content (AvgIpc) is 2.85. The summed E-state index contributed by atoms with van der Waals surface area (Å²) in [5.41, 5.74) is 1.73. The third-order valence-electron chi connectivity index (χ3n) is 4.05. The molecule has 0 aliphatic carbocycles. The summed E-state index contributed by atoms with van der Waals surface area (Å²) >= 11 is 6.07. The second kappa shape index (κ2) is 6.44. The zero-order chi connectivity index (χ0) is 14.7. The van der Waals surface area contributed by atoms with Gasteiger partial charge >= 0.3 is 0 Å². The van der Waals surface area contributed by atoms with Crippen molar-refractivity contribution in [1.82, 2.24) is 14.5 Å². The highest BCUT2D eigenvalue weighted by atomic mass is 35.5. The molecule has 0 fully saturated rings. The van der Waals surface area contributed by atoms with Gasteiger partial charge in [-0.15, -0.1) is 11.6 Å². The first kappa shape index (κ1) is 15.1. The molecule has 0 aromatic carbocycles. The lowest BCUT2D eigenvalue weighted by atomic mass is 9.95. The van der Waals surface area contributed by atoms with Crippen LogP contribution < -0.4 is 4.74 Å². The molecule has 0 N–H and O–H groups in total. The number of nitrogens with zero attached hydrogens (tertiary/aromatic N) is 3. The number of hydrogen-bond acceptors (Lipinski definition) is 3. The largest absolute Gasteiger partial charge is 0.481 e. The number of aromatic nitrogens is 3. The Kier molecular flexibility index (Phi) is 4.86. The molecule has 0 saturated carbocycles. The van der Waals surface area contributed by atoms with Crippen LogP contribution in [-0.2, 0) is 5.88 Å². The summed E-state index contributed by atoms with van der Waals surface area (Å²) in [6, 6.07) is 4.09. The van der Waals surface area contributed by atoms with E-state index in [-0.39, 0.29) is 0 Å². The number of hydrogen-bond donors (Lipinski definition) is 0. The van der Waals surface area contributed by atoms with Crippen LogP contribution in [0.25, 0.3) is 11.2 Å². The Balaban J connectivity index is 2.58. The van der Waals surface area contributed by atoms with Gasteiger partial charge in [0.15, 0.2) is 5.65 Å². The maximum absolute atomic E-state index is 6.07. The molecular formula is C15H22ClN3O. The van der Waals surface area contributed by atoms with Crippen molar-refractivity contribution >= 4 is 22.8 Å². The van der Waals surface area contributed by atoms with Gasteiger partial charge in [0.05, 0.1) is 13.0 Å². The third kappa shape index (κ3) is 2.62. The van der Waals surface area contributed by atoms with E-state index >= 15 is 0 Å². The normalized spacial score (nSPS) is 13.1. The van der Waals surface area contributed by atoms with Crippen LogP contribution in [-0.4, -0.2) is 21.6 Å². The van der Waals surface area contributed by atoms with Crippen LogP contribution in [0.1, 0.15) is 45.5 Å². The zero-order valence-electron chi connectivity index (χ0n) is 12.6. The Morgan fingerprint density at radius 2 is 1.95 bits per heavy atom. The molecule has 0 aliphatic rings. The number of halogens is 1. The van der Waals surface area contributed by atoms with Gasteiger partial charge in [0.2, 0.25) is 5.88 Å². The Bertz CT molecular complexity index is 578. The second-order valence-electron chi connectivity index (χ2n) is 5.05. The molecule has 0 aliphatic heterocycles. The van der Waals surface area contributed by atoms with E-state index in [1.54, 1.807) is 7.11 Å². The summed E-state index contributed by atoms with van der Waals surface area (Å²) in [7, 11) is 1.63. The molecule has 2 aromatic heterocycles. The highest BCUT2D eigenvalue weighted by Crippen LogP contribution is 2.30. The van der Waals surface area contributed by atoms with Crippen molar-refractivity contribution < 1.29 is 4.74 Å². The van der Waals surface area contributed by atoms with Gasteiger partial charge in [-0.1, -0.05) is 26.7 Å². The number of methoxy groups -OCH3 is 1. The van der Waals surface area contributed by atoms with Gasteiger partial charge in [0, 0.05) is 12.1 Å². The molecule has 0 radical (unpaired) electrons. The van der Waals surface area contributed by atoms with Crippen molar-refractivity contribution in [3.05, 3.63) is 18.0 Å². The summed E-state index contributed by atoms with van der Waals surface area (Å²) in [6.07, 6.45) is 2.26. The topological polar surface area (TPSA) is 39.9 Å². The summed E-state index contributed by atoms with van der Waals surface area (Å²) in [5.74, 6) is 2.46. The molecule has 20 heavy (non-hydrogen) atoms. The van der Waals surface area contributed by atoms with E-state index in [1.165, 1.54) is 0 Å². The molecule has 2 aromatic rings. The SMILES string of the molecule is CCC(CC)C(C)n1c(CCl)nc2ccc(OC)nc21. The minimum absolute atomic E-state index is 0.323. The number of rotatable bonds is 6. The standard InChI is InChI=1S/C15H22ClN3O/c1-5-11(6-2)10(3)19-13(9-16)17-12-7-8-14(20-4)18-15(12)19/h7-8,10-11H,5-6,9H2,1-4H3. The molecule has 2 heterocycles. The highest BCUT2D eigenvalue weighted by molar-refractivity contribution is 6.16. The lowest BCUT2D eigenvalue weighted by molar-refractivity contribution is 0.332. The van der Waals surface area contributed by atoms with Gasteiger partial charge in [-0.3, -0.25) is 0 Å². The van der Waals surface area contributed by atoms with Crippen molar-refractivity contribution in [2.75, 3.05) is 7.11 Å². The molecule has 0 saturated heterocycles. The molecule has 2 rings (SSSR count). The van der Waals surface area contributed by atoms with E-state index in [9.17, 15) is 0 Å². The van der Waals surface area contributed by atoms with E-state index in [0.29, 0.717) is 23.7 Å². The van der Waals surface area contributed by atoms with Crippen LogP contribution in [0.3, 0.4) is 0 Å². The fraction of sp³-hybridized carbons (Fsp3) is 0.600. The monoisotopic (exact) mass is 295 g/mol. The van der Waals surface area contributed by atoms with Crippen LogP contribution in [0.5, 0.6) is 5.88 Å². The summed E-state index contributed by atoms with van der Waals surface area (Å²) in [4.78, 5) is 9.15. The van der Waals surface area contributed by atoms with Crippen LogP contribution in [0, 0.1) is 5.92 Å². The Labute approximate surface area is 125 Å². The number of fused-ring (bicyclic) bond motifs is 1. The third-order valence-corrected chi connectivity index (χ3v) is 4.29. The highest BCUT2D eigenvalue weighted by Gasteiger charge is 2.22. The van der Waals surface area contributed by atoms with Crippen molar-refractivity contribution in [2.45, 2.75) is 45.5 Å². The minimum atomic E-state index is 0.323. The van der Waals surface area contributed by atoms with Gasteiger partial charge in [0.25, 0.3) is 0 Å². The first-order valence-electron chi connectivity index (χ1n) is 7.14. The lowest BCUT2D eigenvalue weighted by Crippen LogP contribution is -2.18. The minimum Gasteiger partial charge on any atom is -0.481 e. The van der Waals surface area contributed by atoms with E-state index in [2.05, 4.69) is 35.3 Å². The molecule has 0 amide bonds. The van der Waals surface area contributed by atoms with Crippen LogP contribution in [0.2, 0.25) is 0 Å². The van der Waals surface area contributed by atoms with E-state index < -0.39 is 0 Å². The van der Waals surface area contributed by atoms with Crippen molar-refractivity contribution in [2.24, 2.45) is 5.92 Å². The molecule has 0 bridgehead atoms. The van der Waals surface area contributed by atoms with Gasteiger partial charge in [0.1, 0.15) is 11.3 Å². The number of ether oxygens (including phenoxy) is 1. The molecular weight excluding hydrogens is 274 g/mol. The first-order chi connectivity index (χ1) is 9.65. The Morgan fingerprint density at radius 1 is 1.25 bits per heavy atom. The summed E-state index contributed by atoms with van der Waals surface area (Å²) < 4.78 is 7.40. The van der Waals surface area contributed by atoms with E-state index in [4.69, 9.17) is 16.3 Å². The smallest absolute Gasteiger partial charge is 0.215 e. The lowest BCUT2D eigenvalue weighted by Gasteiger charge is -2.24. The number of alkyl halides is 1. The quantitative estimate of drug-likeness (QED) is 0.751. The van der Waals surface area contributed by atoms with Gasteiger partial charge in [-0.25, -0.2) is 4.98 Å². The van der Waals surface area contributed by atoms with Crippen LogP contribution >= 0.6 is 11.6 Å². The Hall–Kier alpha value is -1.29. The van der Waals surface area contributed by atoms with E-state index in [0.717, 1.165) is 29.8 Å². The van der Waals surface area contributed by atoms with Crippen LogP contribution in [0.15, 0.2) is 12.1 Å². The second-order valence-corrected chi connectivity index (χ2v) is 5.31. The zero-order valence-corrected chi connectivity index (χ0v) is 13.3. The maximum atomic E-state index is 6.07. The summed E-state index contributed by atoms with van der Waals surface area (Å²) in [6.45, 7) is 6.66. The molecule has 5 heteroatoms. The molecule has 110 valence electrons. The van der Waals surface area contributed by atoms with E-state index in [1.807, 2.05) is 12.1 Å². The fourth-order valence-electron chi connectivity index (χ4n) is 2.82. The molecule has 1 unspecified atom stereocenters. The van der Waals surface area contributed by atoms with Gasteiger partial charge in [-0.05, 0) is 18.9 Å². The molecule has 1 atom stereocenters. The first-order valence-corrected chi connectivity index (χ1v) is 7.67. The van der Waals surface area contributed by atoms with Gasteiger partial charge in [-0.2, -0.15) is 4.98 Å². The average molecular weight is 296 g/mol. The predicted octanol–water partition coefficient (Wildman–Crippen LogP) is 4.18. The fourth-order valence-corrected chi connectivity index (χ4v) is 3.01.